The van der Waals surface area contributed by atoms with Crippen LogP contribution in [0.15, 0.2) is 0 Å². The van der Waals surface area contributed by atoms with Gasteiger partial charge in [-0.2, -0.15) is 0 Å². The lowest BCUT2D eigenvalue weighted by Crippen LogP contribution is -2.32. The summed E-state index contributed by atoms with van der Waals surface area (Å²) in [5.41, 5.74) is -0.406. The molecule has 1 unspecified atom stereocenters. The zero-order valence-corrected chi connectivity index (χ0v) is 11.3. The summed E-state index contributed by atoms with van der Waals surface area (Å²) in [6, 6.07) is 0. The molecular weight excluding hydrogens is 218 g/mol. The van der Waals surface area contributed by atoms with Crippen molar-refractivity contribution < 1.29 is 14.7 Å². The van der Waals surface area contributed by atoms with Gasteiger partial charge in [0.15, 0.2) is 0 Å². The predicted molar refractivity (Wildman–Crippen MR) is 65.4 cm³/mol. The number of rotatable bonds is 5. The van der Waals surface area contributed by atoms with Crippen LogP contribution in [0.5, 0.6) is 0 Å². The summed E-state index contributed by atoms with van der Waals surface area (Å²) in [5.74, 6) is -0.972. The molecule has 1 fully saturated rings. The molecular formula is C13H23NO3. The third kappa shape index (κ3) is 2.79. The lowest BCUT2D eigenvalue weighted by atomic mass is 9.98. The fourth-order valence-electron chi connectivity index (χ4n) is 2.20. The lowest BCUT2D eigenvalue weighted by Gasteiger charge is -2.16. The molecule has 1 amide bonds. The van der Waals surface area contributed by atoms with Gasteiger partial charge in [0.05, 0.1) is 11.8 Å². The highest BCUT2D eigenvalue weighted by atomic mass is 16.4. The summed E-state index contributed by atoms with van der Waals surface area (Å²) < 4.78 is 0. The Kier molecular flexibility index (Phi) is 3.84. The van der Waals surface area contributed by atoms with Crippen molar-refractivity contribution in [2.75, 3.05) is 6.54 Å². The fraction of sp³-hybridized carbons (Fsp3) is 0.846. The Morgan fingerprint density at radius 2 is 1.76 bits per heavy atom. The Hall–Kier alpha value is -1.06. The average Bonchev–Trinajstić information content (AvgIpc) is 2.77. The molecule has 0 bridgehead atoms. The van der Waals surface area contributed by atoms with Crippen molar-refractivity contribution >= 4 is 11.9 Å². The third-order valence-corrected chi connectivity index (χ3v) is 4.11. The monoisotopic (exact) mass is 241 g/mol. The highest BCUT2D eigenvalue weighted by Crippen LogP contribution is 2.58. The van der Waals surface area contributed by atoms with Gasteiger partial charge in [-0.05, 0) is 17.3 Å². The van der Waals surface area contributed by atoms with Crippen molar-refractivity contribution in [1.29, 1.82) is 0 Å². The smallest absolute Gasteiger partial charge is 0.307 e. The number of carbonyl (C=O) groups excluding carboxylic acids is 1. The first-order valence-corrected chi connectivity index (χ1v) is 6.20. The number of hydrogen-bond acceptors (Lipinski definition) is 2. The minimum Gasteiger partial charge on any atom is -0.481 e. The molecule has 0 spiro atoms. The Morgan fingerprint density at radius 1 is 1.24 bits per heavy atom. The van der Waals surface area contributed by atoms with E-state index in [-0.39, 0.29) is 11.8 Å². The summed E-state index contributed by atoms with van der Waals surface area (Å²) in [6.45, 7) is 10.6. The Bertz CT molecular complexity index is 323. The standard InChI is InChI=1S/C13H23NO3/c1-7(2)8(3)6-14-11(15)9-10(12(16)17)13(9,4)5/h7-10H,6H2,1-5H3,(H,14,15)(H,16,17)/t8?,9-,10+/m1/s1. The quantitative estimate of drug-likeness (QED) is 0.770. The lowest BCUT2D eigenvalue weighted by molar-refractivity contribution is -0.140. The number of carboxylic acids is 1. The molecule has 0 aromatic rings. The molecule has 0 heterocycles. The van der Waals surface area contributed by atoms with Crippen LogP contribution in [0.1, 0.15) is 34.6 Å². The zero-order valence-electron chi connectivity index (χ0n) is 11.3. The summed E-state index contributed by atoms with van der Waals surface area (Å²) >= 11 is 0. The van der Waals surface area contributed by atoms with Crippen LogP contribution in [0.4, 0.5) is 0 Å². The minimum absolute atomic E-state index is 0.116. The van der Waals surface area contributed by atoms with Crippen molar-refractivity contribution in [3.8, 4) is 0 Å². The number of aliphatic carboxylic acids is 1. The Labute approximate surface area is 103 Å². The largest absolute Gasteiger partial charge is 0.481 e. The second-order valence-corrected chi connectivity index (χ2v) is 6.08. The van der Waals surface area contributed by atoms with Gasteiger partial charge in [-0.3, -0.25) is 9.59 Å². The van der Waals surface area contributed by atoms with E-state index in [1.807, 2.05) is 13.8 Å². The van der Waals surface area contributed by atoms with Gasteiger partial charge < -0.3 is 10.4 Å². The molecule has 2 N–H and O–H groups in total. The van der Waals surface area contributed by atoms with Crippen molar-refractivity contribution in [3.05, 3.63) is 0 Å². The predicted octanol–water partition coefficient (Wildman–Crippen LogP) is 1.75. The number of amides is 1. The molecule has 0 aromatic carbocycles. The number of hydrogen-bond donors (Lipinski definition) is 2. The molecule has 4 heteroatoms. The zero-order chi connectivity index (χ0) is 13.4. The molecule has 4 nitrogen and oxygen atoms in total. The summed E-state index contributed by atoms with van der Waals surface area (Å²) in [7, 11) is 0. The number of carbonyl (C=O) groups is 2. The average molecular weight is 241 g/mol. The van der Waals surface area contributed by atoms with Crippen LogP contribution in [0.25, 0.3) is 0 Å². The molecule has 0 aliphatic heterocycles. The van der Waals surface area contributed by atoms with Crippen LogP contribution in [0, 0.1) is 29.1 Å². The number of nitrogens with one attached hydrogen (secondary N) is 1. The van der Waals surface area contributed by atoms with E-state index in [0.717, 1.165) is 0 Å². The molecule has 3 atom stereocenters. The van der Waals surface area contributed by atoms with E-state index in [1.165, 1.54) is 0 Å². The van der Waals surface area contributed by atoms with Crippen LogP contribution in [0.3, 0.4) is 0 Å². The first-order valence-electron chi connectivity index (χ1n) is 6.20. The van der Waals surface area contributed by atoms with E-state index in [4.69, 9.17) is 5.11 Å². The van der Waals surface area contributed by atoms with Crippen molar-refractivity contribution in [2.45, 2.75) is 34.6 Å². The van der Waals surface area contributed by atoms with Crippen molar-refractivity contribution in [1.82, 2.24) is 5.32 Å². The van der Waals surface area contributed by atoms with Gasteiger partial charge >= 0.3 is 5.97 Å². The van der Waals surface area contributed by atoms with Crippen molar-refractivity contribution in [3.63, 3.8) is 0 Å². The molecule has 17 heavy (non-hydrogen) atoms. The maximum absolute atomic E-state index is 11.9. The molecule has 98 valence electrons. The van der Waals surface area contributed by atoms with Crippen LogP contribution >= 0.6 is 0 Å². The van der Waals surface area contributed by atoms with Gasteiger partial charge in [-0.15, -0.1) is 0 Å². The van der Waals surface area contributed by atoms with Gasteiger partial charge in [0.25, 0.3) is 0 Å². The normalized spacial score (nSPS) is 27.6. The first-order chi connectivity index (χ1) is 7.69. The van der Waals surface area contributed by atoms with E-state index >= 15 is 0 Å². The highest BCUT2D eigenvalue weighted by molar-refractivity contribution is 5.91. The molecule has 0 radical (unpaired) electrons. The van der Waals surface area contributed by atoms with Gasteiger partial charge in [-0.1, -0.05) is 34.6 Å². The molecule has 1 saturated carbocycles. The molecule has 1 aliphatic carbocycles. The third-order valence-electron chi connectivity index (χ3n) is 4.11. The maximum atomic E-state index is 11.9. The molecule has 1 aliphatic rings. The van der Waals surface area contributed by atoms with Crippen molar-refractivity contribution in [2.24, 2.45) is 29.1 Å². The fourth-order valence-corrected chi connectivity index (χ4v) is 2.20. The minimum atomic E-state index is -0.868. The van der Waals surface area contributed by atoms with Crippen LogP contribution in [-0.4, -0.2) is 23.5 Å². The summed E-state index contributed by atoms with van der Waals surface area (Å²) in [5, 5.41) is 11.9. The number of carboxylic acid groups (broad SMARTS) is 1. The maximum Gasteiger partial charge on any atom is 0.307 e. The SMILES string of the molecule is CC(C)C(C)CNC(=O)[C@H]1[C@@H](C(=O)O)C1(C)C. The highest BCUT2D eigenvalue weighted by Gasteiger charge is 2.65. The van der Waals surface area contributed by atoms with Crippen LogP contribution in [0.2, 0.25) is 0 Å². The van der Waals surface area contributed by atoms with E-state index in [1.54, 1.807) is 0 Å². The van der Waals surface area contributed by atoms with Gasteiger partial charge in [0.1, 0.15) is 0 Å². The molecule has 0 aromatic heterocycles. The van der Waals surface area contributed by atoms with E-state index in [2.05, 4.69) is 26.1 Å². The molecule has 0 saturated heterocycles. The van der Waals surface area contributed by atoms with Gasteiger partial charge in [0.2, 0.25) is 5.91 Å². The Morgan fingerprint density at radius 3 is 2.12 bits per heavy atom. The topological polar surface area (TPSA) is 66.4 Å². The van der Waals surface area contributed by atoms with E-state index in [0.29, 0.717) is 18.4 Å². The first kappa shape index (κ1) is 14.0. The van der Waals surface area contributed by atoms with Gasteiger partial charge in [-0.25, -0.2) is 0 Å². The summed E-state index contributed by atoms with van der Waals surface area (Å²) in [6.07, 6.45) is 0. The van der Waals surface area contributed by atoms with Crippen LogP contribution in [-0.2, 0) is 9.59 Å². The second kappa shape index (κ2) is 4.67. The Balaban J connectivity index is 2.48. The van der Waals surface area contributed by atoms with Crippen LogP contribution < -0.4 is 5.32 Å². The molecule has 1 rings (SSSR count). The van der Waals surface area contributed by atoms with Gasteiger partial charge in [0, 0.05) is 6.54 Å². The second-order valence-electron chi connectivity index (χ2n) is 6.08. The summed E-state index contributed by atoms with van der Waals surface area (Å²) in [4.78, 5) is 22.8. The van der Waals surface area contributed by atoms with E-state index < -0.39 is 17.3 Å². The van der Waals surface area contributed by atoms with E-state index in [9.17, 15) is 9.59 Å².